The first kappa shape index (κ1) is 16.3. The Morgan fingerprint density at radius 3 is 2.65 bits per heavy atom. The van der Waals surface area contributed by atoms with Crippen LogP contribution in [0.2, 0.25) is 5.02 Å². The van der Waals surface area contributed by atoms with Crippen molar-refractivity contribution in [3.63, 3.8) is 0 Å². The smallest absolute Gasteiger partial charge is 0.127 e. The zero-order valence-corrected chi connectivity index (χ0v) is 14.8. The predicted octanol–water partition coefficient (Wildman–Crippen LogP) is 6.25. The zero-order chi connectivity index (χ0) is 14.9. The maximum Gasteiger partial charge on any atom is 0.127 e. The van der Waals surface area contributed by atoms with E-state index in [1.165, 1.54) is 25.3 Å². The molecule has 0 spiro atoms. The van der Waals surface area contributed by atoms with Crippen molar-refractivity contribution < 1.29 is 4.39 Å². The van der Waals surface area contributed by atoms with Gasteiger partial charge in [0.2, 0.25) is 0 Å². The Morgan fingerprint density at radius 1 is 1.35 bits per heavy atom. The van der Waals surface area contributed by atoms with E-state index < -0.39 is 0 Å². The number of rotatable bonds is 3. The van der Waals surface area contributed by atoms with Crippen molar-refractivity contribution in [3.05, 3.63) is 34.6 Å². The maximum atomic E-state index is 14.0. The summed E-state index contributed by atoms with van der Waals surface area (Å²) in [6, 6.07) is 5.03. The van der Waals surface area contributed by atoms with E-state index in [0.29, 0.717) is 15.8 Å². The highest BCUT2D eigenvalue weighted by Crippen LogP contribution is 2.45. The lowest BCUT2D eigenvalue weighted by atomic mass is 9.66. The summed E-state index contributed by atoms with van der Waals surface area (Å²) in [4.78, 5) is 0.539. The normalized spacial score (nSPS) is 27.6. The average molecular weight is 362 g/mol. The van der Waals surface area contributed by atoms with E-state index in [4.69, 9.17) is 11.6 Å². The van der Waals surface area contributed by atoms with Crippen LogP contribution in [0, 0.1) is 23.1 Å². The molecule has 3 unspecified atom stereocenters. The Bertz CT molecular complexity index is 472. The summed E-state index contributed by atoms with van der Waals surface area (Å²) < 4.78 is 14.0. The van der Waals surface area contributed by atoms with Gasteiger partial charge in [-0.25, -0.2) is 4.39 Å². The van der Waals surface area contributed by atoms with Crippen molar-refractivity contribution in [3.8, 4) is 0 Å². The van der Waals surface area contributed by atoms with Gasteiger partial charge in [0.05, 0.1) is 0 Å². The van der Waals surface area contributed by atoms with Crippen molar-refractivity contribution in [2.45, 2.75) is 51.3 Å². The van der Waals surface area contributed by atoms with Crippen LogP contribution in [-0.4, -0.2) is 4.83 Å². The molecule has 0 bridgehead atoms. The summed E-state index contributed by atoms with van der Waals surface area (Å²) in [5, 5.41) is 0.467. The molecule has 0 nitrogen and oxygen atoms in total. The van der Waals surface area contributed by atoms with E-state index in [-0.39, 0.29) is 11.2 Å². The van der Waals surface area contributed by atoms with Crippen LogP contribution in [-0.2, 0) is 6.42 Å². The number of benzene rings is 1. The molecule has 0 amide bonds. The number of hydrogen-bond donors (Lipinski definition) is 0. The minimum absolute atomic E-state index is 0.0863. The minimum atomic E-state index is -0.180. The quantitative estimate of drug-likeness (QED) is 0.558. The second kappa shape index (κ2) is 6.36. The van der Waals surface area contributed by atoms with E-state index in [1.807, 2.05) is 6.07 Å². The molecular formula is C17H23BrClF. The monoisotopic (exact) mass is 360 g/mol. The van der Waals surface area contributed by atoms with Crippen LogP contribution in [0.1, 0.15) is 45.6 Å². The van der Waals surface area contributed by atoms with Crippen LogP contribution in [0.15, 0.2) is 18.2 Å². The van der Waals surface area contributed by atoms with Crippen LogP contribution >= 0.6 is 27.5 Å². The van der Waals surface area contributed by atoms with Gasteiger partial charge in [-0.2, -0.15) is 0 Å². The van der Waals surface area contributed by atoms with E-state index in [1.54, 1.807) is 6.07 Å². The third-order valence-electron chi connectivity index (χ3n) is 4.70. The highest BCUT2D eigenvalue weighted by Gasteiger charge is 2.38. The summed E-state index contributed by atoms with van der Waals surface area (Å²) in [7, 11) is 0. The molecule has 0 aromatic heterocycles. The summed E-state index contributed by atoms with van der Waals surface area (Å²) in [6.45, 7) is 6.84. The first-order chi connectivity index (χ1) is 9.29. The van der Waals surface area contributed by atoms with E-state index in [0.717, 1.165) is 17.9 Å². The summed E-state index contributed by atoms with van der Waals surface area (Å²) >= 11 is 9.69. The average Bonchev–Trinajstić information content (AvgIpc) is 2.32. The van der Waals surface area contributed by atoms with Gasteiger partial charge in [-0.3, -0.25) is 0 Å². The van der Waals surface area contributed by atoms with Crippen molar-refractivity contribution in [2.24, 2.45) is 17.3 Å². The first-order valence-corrected chi connectivity index (χ1v) is 8.67. The Labute approximate surface area is 135 Å². The second-order valence-corrected chi connectivity index (χ2v) is 8.55. The predicted molar refractivity (Wildman–Crippen MR) is 88.1 cm³/mol. The van der Waals surface area contributed by atoms with Gasteiger partial charge < -0.3 is 0 Å². The molecule has 0 radical (unpaired) electrons. The molecule has 1 aliphatic rings. The number of alkyl halides is 1. The fraction of sp³-hybridized carbons (Fsp3) is 0.647. The third-order valence-corrected chi connectivity index (χ3v) is 5.95. The largest absolute Gasteiger partial charge is 0.207 e. The molecule has 2 rings (SSSR count). The van der Waals surface area contributed by atoms with Gasteiger partial charge in [0.25, 0.3) is 0 Å². The van der Waals surface area contributed by atoms with Gasteiger partial charge >= 0.3 is 0 Å². The highest BCUT2D eigenvalue weighted by atomic mass is 79.9. The lowest BCUT2D eigenvalue weighted by molar-refractivity contribution is 0.146. The molecule has 1 fully saturated rings. The van der Waals surface area contributed by atoms with Gasteiger partial charge in [0.1, 0.15) is 5.82 Å². The Kier molecular flexibility index (Phi) is 5.18. The molecule has 0 N–H and O–H groups in total. The zero-order valence-electron chi connectivity index (χ0n) is 12.4. The standard InChI is InChI=1S/C17H23BrClF/c1-11-4-7-14(15(18)8-11)17(2,3)10-12-5-6-13(19)9-16(12)20/h5-6,9,11,14-15H,4,7-8,10H2,1-3H3. The Balaban J connectivity index is 2.14. The second-order valence-electron chi connectivity index (χ2n) is 6.94. The lowest BCUT2D eigenvalue weighted by Crippen LogP contribution is -2.37. The topological polar surface area (TPSA) is 0 Å². The van der Waals surface area contributed by atoms with E-state index in [9.17, 15) is 4.39 Å². The first-order valence-electron chi connectivity index (χ1n) is 7.37. The summed E-state index contributed by atoms with van der Waals surface area (Å²) in [6.07, 6.45) is 4.48. The molecule has 1 aliphatic carbocycles. The molecule has 3 heteroatoms. The van der Waals surface area contributed by atoms with Gasteiger partial charge in [-0.15, -0.1) is 0 Å². The summed E-state index contributed by atoms with van der Waals surface area (Å²) in [5.74, 6) is 1.20. The van der Waals surface area contributed by atoms with Crippen LogP contribution in [0.4, 0.5) is 4.39 Å². The molecule has 1 aromatic rings. The van der Waals surface area contributed by atoms with Crippen LogP contribution in [0.5, 0.6) is 0 Å². The SMILES string of the molecule is CC1CCC(C(C)(C)Cc2ccc(Cl)cc2F)C(Br)C1. The van der Waals surface area contributed by atoms with Crippen molar-refractivity contribution in [2.75, 3.05) is 0 Å². The molecule has 1 saturated carbocycles. The molecule has 0 saturated heterocycles. The molecule has 0 aliphatic heterocycles. The Hall–Kier alpha value is -0.0800. The fourth-order valence-electron chi connectivity index (χ4n) is 3.48. The van der Waals surface area contributed by atoms with Crippen LogP contribution < -0.4 is 0 Å². The van der Waals surface area contributed by atoms with Crippen LogP contribution in [0.3, 0.4) is 0 Å². The van der Waals surface area contributed by atoms with Crippen molar-refractivity contribution in [1.29, 1.82) is 0 Å². The maximum absolute atomic E-state index is 14.0. The Morgan fingerprint density at radius 2 is 2.05 bits per heavy atom. The van der Waals surface area contributed by atoms with Gasteiger partial charge in [-0.1, -0.05) is 60.8 Å². The van der Waals surface area contributed by atoms with Gasteiger partial charge in [-0.05, 0) is 54.2 Å². The van der Waals surface area contributed by atoms with E-state index >= 15 is 0 Å². The molecule has 20 heavy (non-hydrogen) atoms. The van der Waals surface area contributed by atoms with Crippen molar-refractivity contribution in [1.82, 2.24) is 0 Å². The lowest BCUT2D eigenvalue weighted by Gasteiger charge is -2.42. The minimum Gasteiger partial charge on any atom is -0.207 e. The number of hydrogen-bond acceptors (Lipinski definition) is 0. The summed E-state index contributed by atoms with van der Waals surface area (Å²) in [5.41, 5.74) is 0.862. The molecule has 0 heterocycles. The fourth-order valence-corrected chi connectivity index (χ4v) is 5.26. The van der Waals surface area contributed by atoms with Gasteiger partial charge in [0.15, 0.2) is 0 Å². The van der Waals surface area contributed by atoms with E-state index in [2.05, 4.69) is 36.7 Å². The highest BCUT2D eigenvalue weighted by molar-refractivity contribution is 9.09. The van der Waals surface area contributed by atoms with Gasteiger partial charge in [0, 0.05) is 9.85 Å². The van der Waals surface area contributed by atoms with Crippen LogP contribution in [0.25, 0.3) is 0 Å². The molecule has 3 atom stereocenters. The molecule has 112 valence electrons. The molecular weight excluding hydrogens is 339 g/mol. The number of halogens is 3. The third kappa shape index (κ3) is 3.76. The molecule has 1 aromatic carbocycles. The van der Waals surface area contributed by atoms with Crippen molar-refractivity contribution >= 4 is 27.5 Å².